The van der Waals surface area contributed by atoms with Crippen LogP contribution in [0.2, 0.25) is 0 Å². The number of aromatic nitrogens is 1. The normalized spacial score (nSPS) is 18.1. The summed E-state index contributed by atoms with van der Waals surface area (Å²) in [6, 6.07) is 8.18. The lowest BCUT2D eigenvalue weighted by atomic mass is 9.96. The van der Waals surface area contributed by atoms with E-state index in [0.29, 0.717) is 19.7 Å². The van der Waals surface area contributed by atoms with E-state index < -0.39 is 0 Å². The minimum absolute atomic E-state index is 0.148. The summed E-state index contributed by atoms with van der Waals surface area (Å²) in [5.74, 6) is 1.06. The van der Waals surface area contributed by atoms with E-state index in [1.165, 1.54) is 18.4 Å². The Balaban J connectivity index is 1.43. The highest BCUT2D eigenvalue weighted by molar-refractivity contribution is 5.89. The third kappa shape index (κ3) is 3.26. The molecule has 0 bridgehead atoms. The van der Waals surface area contributed by atoms with Crippen molar-refractivity contribution in [3.8, 4) is 0 Å². The molecule has 25 heavy (non-hydrogen) atoms. The number of aryl methyl sites for hydroxylation is 1. The predicted molar refractivity (Wildman–Crippen MR) is 93.5 cm³/mol. The predicted octanol–water partition coefficient (Wildman–Crippen LogP) is 3.36. The topological polar surface area (TPSA) is 67.6 Å². The minimum Gasteiger partial charge on any atom is -0.447 e. The maximum atomic E-state index is 11.7. The van der Waals surface area contributed by atoms with Crippen molar-refractivity contribution in [1.29, 1.82) is 0 Å². The van der Waals surface area contributed by atoms with Gasteiger partial charge < -0.3 is 14.6 Å². The molecule has 132 valence electrons. The van der Waals surface area contributed by atoms with Crippen molar-refractivity contribution in [1.82, 2.24) is 10.5 Å². The first-order chi connectivity index (χ1) is 12.2. The average Bonchev–Trinajstić information content (AvgIpc) is 3.26. The Morgan fingerprint density at radius 1 is 1.32 bits per heavy atom. The molecule has 0 unspecified atom stereocenters. The minimum atomic E-state index is -0.271. The number of hydrogen-bond donors (Lipinski definition) is 1. The Hall–Kier alpha value is -2.34. The van der Waals surface area contributed by atoms with E-state index >= 15 is 0 Å². The van der Waals surface area contributed by atoms with Crippen LogP contribution >= 0.6 is 0 Å². The van der Waals surface area contributed by atoms with Crippen molar-refractivity contribution in [2.45, 2.75) is 45.2 Å². The molecule has 2 aliphatic rings. The fourth-order valence-corrected chi connectivity index (χ4v) is 3.55. The van der Waals surface area contributed by atoms with Crippen LogP contribution in [0.1, 0.15) is 48.4 Å². The van der Waals surface area contributed by atoms with E-state index in [4.69, 9.17) is 9.26 Å². The summed E-state index contributed by atoms with van der Waals surface area (Å²) >= 11 is 0. The van der Waals surface area contributed by atoms with Gasteiger partial charge in [0.15, 0.2) is 0 Å². The van der Waals surface area contributed by atoms with Gasteiger partial charge in [-0.25, -0.2) is 4.79 Å². The van der Waals surface area contributed by atoms with Crippen molar-refractivity contribution in [2.75, 3.05) is 18.1 Å². The van der Waals surface area contributed by atoms with Crippen molar-refractivity contribution in [3.63, 3.8) is 0 Å². The van der Waals surface area contributed by atoms with E-state index in [9.17, 15) is 4.79 Å². The van der Waals surface area contributed by atoms with E-state index in [0.717, 1.165) is 35.5 Å². The monoisotopic (exact) mass is 341 g/mol. The second-order valence-electron chi connectivity index (χ2n) is 6.70. The van der Waals surface area contributed by atoms with Gasteiger partial charge in [0.2, 0.25) is 0 Å². The molecule has 1 N–H and O–H groups in total. The summed E-state index contributed by atoms with van der Waals surface area (Å²) in [5, 5.41) is 7.77. The van der Waals surface area contributed by atoms with Crippen LogP contribution in [0.5, 0.6) is 0 Å². The SMILES string of the molecule is C[C@H](NCc1noc2c1CCCC2)c1cccc(N2CCOC2=O)c1. The molecule has 0 spiro atoms. The molecule has 2 heterocycles. The number of amides is 1. The van der Waals surface area contributed by atoms with Crippen molar-refractivity contribution < 1.29 is 14.1 Å². The number of anilines is 1. The number of nitrogens with one attached hydrogen (secondary N) is 1. The summed E-state index contributed by atoms with van der Waals surface area (Å²) in [4.78, 5) is 13.4. The molecule has 1 aromatic carbocycles. The number of nitrogens with zero attached hydrogens (tertiary/aromatic N) is 2. The van der Waals surface area contributed by atoms with Crippen LogP contribution in [0.25, 0.3) is 0 Å². The standard InChI is InChI=1S/C19H23N3O3/c1-13(20-12-17-16-7-2-3-8-18(16)25-21-17)14-5-4-6-15(11-14)22-9-10-24-19(22)23/h4-6,11,13,20H,2-3,7-10,12H2,1H3/t13-/m0/s1. The van der Waals surface area contributed by atoms with Crippen LogP contribution in [0, 0.1) is 0 Å². The molecule has 1 saturated heterocycles. The fraction of sp³-hybridized carbons (Fsp3) is 0.474. The Morgan fingerprint density at radius 3 is 3.04 bits per heavy atom. The second-order valence-corrected chi connectivity index (χ2v) is 6.70. The van der Waals surface area contributed by atoms with Gasteiger partial charge in [-0.1, -0.05) is 17.3 Å². The number of cyclic esters (lactones) is 1. The third-order valence-electron chi connectivity index (χ3n) is 5.05. The Labute approximate surface area is 147 Å². The summed E-state index contributed by atoms with van der Waals surface area (Å²) in [6.07, 6.45) is 4.21. The van der Waals surface area contributed by atoms with Gasteiger partial charge in [0.25, 0.3) is 0 Å². The summed E-state index contributed by atoms with van der Waals surface area (Å²) in [7, 11) is 0. The number of hydrogen-bond acceptors (Lipinski definition) is 5. The summed E-state index contributed by atoms with van der Waals surface area (Å²) in [5.41, 5.74) is 4.34. The molecule has 0 saturated carbocycles. The van der Waals surface area contributed by atoms with Crippen molar-refractivity contribution >= 4 is 11.8 Å². The van der Waals surface area contributed by atoms with Gasteiger partial charge in [0.05, 0.1) is 6.54 Å². The Morgan fingerprint density at radius 2 is 2.20 bits per heavy atom. The van der Waals surface area contributed by atoms with E-state index in [1.54, 1.807) is 4.90 Å². The molecule has 6 heteroatoms. The van der Waals surface area contributed by atoms with E-state index in [-0.39, 0.29) is 12.1 Å². The third-order valence-corrected chi connectivity index (χ3v) is 5.05. The first kappa shape index (κ1) is 16.1. The smallest absolute Gasteiger partial charge is 0.414 e. The number of rotatable bonds is 5. The van der Waals surface area contributed by atoms with Crippen molar-refractivity contribution in [2.24, 2.45) is 0 Å². The lowest BCUT2D eigenvalue weighted by molar-refractivity contribution is 0.181. The van der Waals surface area contributed by atoms with E-state index in [1.807, 2.05) is 18.2 Å². The number of fused-ring (bicyclic) bond motifs is 1. The number of carbonyl (C=O) groups excluding carboxylic acids is 1. The average molecular weight is 341 g/mol. The zero-order valence-corrected chi connectivity index (χ0v) is 14.5. The first-order valence-electron chi connectivity index (χ1n) is 8.96. The lowest BCUT2D eigenvalue weighted by Crippen LogP contribution is -2.24. The molecule has 1 fully saturated rings. The zero-order valence-electron chi connectivity index (χ0n) is 14.5. The van der Waals surface area contributed by atoms with Crippen LogP contribution < -0.4 is 10.2 Å². The second kappa shape index (κ2) is 6.88. The van der Waals surface area contributed by atoms with Crippen LogP contribution in [-0.4, -0.2) is 24.4 Å². The van der Waals surface area contributed by atoms with Gasteiger partial charge >= 0.3 is 6.09 Å². The molecule has 1 aliphatic carbocycles. The maximum absolute atomic E-state index is 11.7. The lowest BCUT2D eigenvalue weighted by Gasteiger charge is -2.18. The molecule has 1 aromatic heterocycles. The molecule has 6 nitrogen and oxygen atoms in total. The number of ether oxygens (including phenoxy) is 1. The van der Waals surface area contributed by atoms with Crippen LogP contribution in [0.3, 0.4) is 0 Å². The van der Waals surface area contributed by atoms with Gasteiger partial charge in [-0.3, -0.25) is 4.90 Å². The summed E-state index contributed by atoms with van der Waals surface area (Å²) < 4.78 is 10.5. The maximum Gasteiger partial charge on any atom is 0.414 e. The van der Waals surface area contributed by atoms with E-state index in [2.05, 4.69) is 23.5 Å². The molecule has 4 rings (SSSR count). The van der Waals surface area contributed by atoms with Gasteiger partial charge in [-0.2, -0.15) is 0 Å². The highest BCUT2D eigenvalue weighted by atomic mass is 16.6. The number of benzene rings is 1. The molecule has 1 amide bonds. The van der Waals surface area contributed by atoms with Crippen LogP contribution in [-0.2, 0) is 24.1 Å². The molecule has 1 atom stereocenters. The first-order valence-corrected chi connectivity index (χ1v) is 8.96. The molecular weight excluding hydrogens is 318 g/mol. The highest BCUT2D eigenvalue weighted by Gasteiger charge is 2.24. The number of carbonyl (C=O) groups is 1. The van der Waals surface area contributed by atoms with Crippen LogP contribution in [0.4, 0.5) is 10.5 Å². The van der Waals surface area contributed by atoms with Gasteiger partial charge in [-0.15, -0.1) is 0 Å². The van der Waals surface area contributed by atoms with Gasteiger partial charge in [0, 0.05) is 30.3 Å². The van der Waals surface area contributed by atoms with Crippen molar-refractivity contribution in [3.05, 3.63) is 46.8 Å². The largest absolute Gasteiger partial charge is 0.447 e. The quantitative estimate of drug-likeness (QED) is 0.903. The molecular formula is C19H23N3O3. The highest BCUT2D eigenvalue weighted by Crippen LogP contribution is 2.26. The van der Waals surface area contributed by atoms with Crippen LogP contribution in [0.15, 0.2) is 28.8 Å². The van der Waals surface area contributed by atoms with Gasteiger partial charge in [0.1, 0.15) is 18.1 Å². The summed E-state index contributed by atoms with van der Waals surface area (Å²) in [6.45, 7) is 3.87. The fourth-order valence-electron chi connectivity index (χ4n) is 3.55. The Bertz CT molecular complexity index is 771. The Kier molecular flexibility index (Phi) is 4.44. The molecule has 2 aromatic rings. The van der Waals surface area contributed by atoms with Gasteiger partial charge in [-0.05, 0) is 43.9 Å². The zero-order chi connectivity index (χ0) is 17.2. The molecule has 1 aliphatic heterocycles. The molecule has 0 radical (unpaired) electrons.